The van der Waals surface area contributed by atoms with Crippen LogP contribution in [0, 0.1) is 5.92 Å². The van der Waals surface area contributed by atoms with Crippen molar-refractivity contribution in [2.45, 2.75) is 38.7 Å². The molecule has 2 N–H and O–H groups in total. The summed E-state index contributed by atoms with van der Waals surface area (Å²) in [6.07, 6.45) is -9.17. The largest absolute Gasteiger partial charge is 0.416 e. The van der Waals surface area contributed by atoms with Crippen LogP contribution in [0.5, 0.6) is 0 Å². The normalized spacial score (nSPS) is 16.1. The highest BCUT2D eigenvalue weighted by Crippen LogP contribution is 2.40. The molecule has 1 rings (SSSR count). The van der Waals surface area contributed by atoms with Gasteiger partial charge < -0.3 is 5.73 Å². The van der Waals surface area contributed by atoms with Crippen molar-refractivity contribution in [1.82, 2.24) is 0 Å². The zero-order valence-electron chi connectivity index (χ0n) is 10.9. The van der Waals surface area contributed by atoms with E-state index in [1.165, 1.54) is 0 Å². The van der Waals surface area contributed by atoms with Crippen LogP contribution in [0.4, 0.5) is 26.3 Å². The third-order valence-electron chi connectivity index (χ3n) is 3.30. The van der Waals surface area contributed by atoms with Crippen LogP contribution in [0.3, 0.4) is 0 Å². The van der Waals surface area contributed by atoms with E-state index in [-0.39, 0.29) is 17.5 Å². The number of hydrogen-bond acceptors (Lipinski definition) is 1. The topological polar surface area (TPSA) is 26.0 Å². The minimum Gasteiger partial charge on any atom is -0.324 e. The van der Waals surface area contributed by atoms with Crippen LogP contribution in [0.15, 0.2) is 18.2 Å². The van der Waals surface area contributed by atoms with E-state index in [1.807, 2.05) is 0 Å². The Balaban J connectivity index is 3.39. The fourth-order valence-electron chi connectivity index (χ4n) is 1.83. The lowest BCUT2D eigenvalue weighted by atomic mass is 9.89. The Morgan fingerprint density at radius 2 is 1.60 bits per heavy atom. The molecule has 1 nitrogen and oxygen atoms in total. The molecule has 0 fully saturated rings. The van der Waals surface area contributed by atoms with E-state index < -0.39 is 29.5 Å². The van der Waals surface area contributed by atoms with Crippen LogP contribution in [-0.4, -0.2) is 0 Å². The zero-order valence-corrected chi connectivity index (χ0v) is 10.9. The maximum atomic E-state index is 12.9. The summed E-state index contributed by atoms with van der Waals surface area (Å²) in [5.41, 5.74) is 2.77. The number of nitrogens with two attached hydrogens (primary N) is 1. The van der Waals surface area contributed by atoms with Crippen molar-refractivity contribution < 1.29 is 26.3 Å². The molecule has 0 saturated carbocycles. The quantitative estimate of drug-likeness (QED) is 0.799. The first kappa shape index (κ1) is 16.8. The highest BCUT2D eigenvalue weighted by atomic mass is 19.4. The van der Waals surface area contributed by atoms with E-state index in [9.17, 15) is 26.3 Å². The van der Waals surface area contributed by atoms with Crippen molar-refractivity contribution >= 4 is 0 Å². The first-order chi connectivity index (χ1) is 8.98. The van der Waals surface area contributed by atoms with E-state index in [4.69, 9.17) is 5.73 Å². The van der Waals surface area contributed by atoms with Crippen LogP contribution in [0.25, 0.3) is 0 Å². The second kappa shape index (κ2) is 5.63. The number of halogens is 6. The average Bonchev–Trinajstić information content (AvgIpc) is 2.34. The van der Waals surface area contributed by atoms with Gasteiger partial charge in [-0.1, -0.05) is 26.3 Å². The Morgan fingerprint density at radius 3 is 2.00 bits per heavy atom. The van der Waals surface area contributed by atoms with E-state index in [0.29, 0.717) is 12.5 Å². The maximum Gasteiger partial charge on any atom is 0.416 e. The Labute approximate surface area is 112 Å². The lowest BCUT2D eigenvalue weighted by Gasteiger charge is -2.23. The van der Waals surface area contributed by atoms with E-state index in [0.717, 1.165) is 6.07 Å². The number of alkyl halides is 6. The zero-order chi connectivity index (χ0) is 15.7. The molecule has 0 radical (unpaired) electrons. The molecule has 0 saturated heterocycles. The van der Waals surface area contributed by atoms with Gasteiger partial charge in [-0.3, -0.25) is 0 Å². The van der Waals surface area contributed by atoms with Gasteiger partial charge in [0.25, 0.3) is 0 Å². The van der Waals surface area contributed by atoms with Gasteiger partial charge in [-0.15, -0.1) is 0 Å². The Kier molecular flexibility index (Phi) is 4.74. The molecule has 1 aromatic carbocycles. The predicted molar refractivity (Wildman–Crippen MR) is 62.8 cm³/mol. The summed E-state index contributed by atoms with van der Waals surface area (Å²) in [6.45, 7) is 3.41. The molecule has 0 bridgehead atoms. The standard InChI is InChI=1S/C13H15F6N/c1-3-7(2)11(20)9-5-4-8(12(14,15)16)6-10(9)13(17,18)19/h4-7,11H,3,20H2,1-2H3/t7?,11-/m1/s1. The number of rotatable bonds is 3. The lowest BCUT2D eigenvalue weighted by Crippen LogP contribution is -2.23. The molecule has 0 aromatic heterocycles. The van der Waals surface area contributed by atoms with Crippen molar-refractivity contribution in [2.75, 3.05) is 0 Å². The maximum absolute atomic E-state index is 12.9. The van der Waals surface area contributed by atoms with Crippen molar-refractivity contribution in [3.8, 4) is 0 Å². The lowest BCUT2D eigenvalue weighted by molar-refractivity contribution is -0.143. The summed E-state index contributed by atoms with van der Waals surface area (Å²) in [4.78, 5) is 0. The Hall–Kier alpha value is -1.24. The molecule has 20 heavy (non-hydrogen) atoms. The summed E-state index contributed by atoms with van der Waals surface area (Å²) in [7, 11) is 0. The fourth-order valence-corrected chi connectivity index (χ4v) is 1.83. The van der Waals surface area contributed by atoms with Gasteiger partial charge in [0.15, 0.2) is 0 Å². The van der Waals surface area contributed by atoms with E-state index >= 15 is 0 Å². The molecule has 7 heteroatoms. The number of hydrogen-bond donors (Lipinski definition) is 1. The molecule has 114 valence electrons. The third-order valence-corrected chi connectivity index (χ3v) is 3.30. The fraction of sp³-hybridized carbons (Fsp3) is 0.538. The van der Waals surface area contributed by atoms with Gasteiger partial charge >= 0.3 is 12.4 Å². The summed E-state index contributed by atoms with van der Waals surface area (Å²) in [5, 5.41) is 0. The monoisotopic (exact) mass is 299 g/mol. The van der Waals surface area contributed by atoms with E-state index in [2.05, 4.69) is 0 Å². The molecule has 2 atom stereocenters. The molecule has 0 aliphatic carbocycles. The summed E-state index contributed by atoms with van der Waals surface area (Å²) >= 11 is 0. The van der Waals surface area contributed by atoms with Crippen LogP contribution in [-0.2, 0) is 12.4 Å². The summed E-state index contributed by atoms with van der Waals surface area (Å²) in [6, 6.07) is 0.617. The Morgan fingerprint density at radius 1 is 1.05 bits per heavy atom. The van der Waals surface area contributed by atoms with Gasteiger partial charge in [0.2, 0.25) is 0 Å². The van der Waals surface area contributed by atoms with Gasteiger partial charge in [0.1, 0.15) is 0 Å². The van der Waals surface area contributed by atoms with Crippen molar-refractivity contribution in [3.05, 3.63) is 34.9 Å². The second-order valence-electron chi connectivity index (χ2n) is 4.71. The van der Waals surface area contributed by atoms with Gasteiger partial charge in [0.05, 0.1) is 11.1 Å². The van der Waals surface area contributed by atoms with Gasteiger partial charge in [-0.2, -0.15) is 26.3 Å². The molecular formula is C13H15F6N. The summed E-state index contributed by atoms with van der Waals surface area (Å²) in [5.74, 6) is -0.271. The SMILES string of the molecule is CCC(C)[C@@H](N)c1ccc(C(F)(F)F)cc1C(F)(F)F. The highest BCUT2D eigenvalue weighted by Gasteiger charge is 2.39. The van der Waals surface area contributed by atoms with Crippen LogP contribution in [0.1, 0.15) is 43.0 Å². The molecule has 0 spiro atoms. The van der Waals surface area contributed by atoms with Crippen molar-refractivity contribution in [3.63, 3.8) is 0 Å². The molecular weight excluding hydrogens is 284 g/mol. The molecule has 1 aromatic rings. The Bertz CT molecular complexity index is 463. The van der Waals surface area contributed by atoms with Crippen molar-refractivity contribution in [2.24, 2.45) is 11.7 Å². The van der Waals surface area contributed by atoms with Crippen LogP contribution >= 0.6 is 0 Å². The minimum atomic E-state index is -4.87. The first-order valence-corrected chi connectivity index (χ1v) is 6.02. The summed E-state index contributed by atoms with van der Waals surface area (Å²) < 4.78 is 76.3. The highest BCUT2D eigenvalue weighted by molar-refractivity contribution is 5.37. The molecule has 0 amide bonds. The van der Waals surface area contributed by atoms with Gasteiger partial charge in [-0.25, -0.2) is 0 Å². The number of benzene rings is 1. The van der Waals surface area contributed by atoms with Gasteiger partial charge in [-0.05, 0) is 23.6 Å². The van der Waals surface area contributed by atoms with Gasteiger partial charge in [0, 0.05) is 6.04 Å². The smallest absolute Gasteiger partial charge is 0.324 e. The molecule has 0 aliphatic heterocycles. The molecule has 0 aliphatic rings. The van der Waals surface area contributed by atoms with E-state index in [1.54, 1.807) is 13.8 Å². The predicted octanol–water partition coefficient (Wildman–Crippen LogP) is 4.77. The van der Waals surface area contributed by atoms with Crippen molar-refractivity contribution in [1.29, 1.82) is 0 Å². The minimum absolute atomic E-state index is 0.123. The second-order valence-corrected chi connectivity index (χ2v) is 4.71. The van der Waals surface area contributed by atoms with Crippen LogP contribution in [0.2, 0.25) is 0 Å². The van der Waals surface area contributed by atoms with Crippen LogP contribution < -0.4 is 5.73 Å². The molecule has 0 heterocycles. The first-order valence-electron chi connectivity index (χ1n) is 6.02. The third kappa shape index (κ3) is 3.65. The molecule has 1 unspecified atom stereocenters. The average molecular weight is 299 g/mol.